The summed E-state index contributed by atoms with van der Waals surface area (Å²) in [6.45, 7) is 11.9. The Hall–Kier alpha value is 0.0600. The Balaban J connectivity index is 2.83. The predicted molar refractivity (Wildman–Crippen MR) is 99.8 cm³/mol. The number of allylic oxidation sites excluding steroid dienone is 8. The minimum absolute atomic E-state index is 0.288. The van der Waals surface area contributed by atoms with Gasteiger partial charge < -0.3 is 0 Å². The van der Waals surface area contributed by atoms with Gasteiger partial charge in [-0.15, -0.1) is 0 Å². The fraction of sp³-hybridized carbons (Fsp3) is 0.600. The summed E-state index contributed by atoms with van der Waals surface area (Å²) in [6.07, 6.45) is 13.1. The Bertz CT molecular complexity index is 624. The molecule has 0 fully saturated rings. The van der Waals surface area contributed by atoms with E-state index in [4.69, 9.17) is 0 Å². The van der Waals surface area contributed by atoms with Gasteiger partial charge in [-0.25, -0.2) is 0 Å². The molecule has 2 aliphatic carbocycles. The molecule has 1 atom stereocenters. The van der Waals surface area contributed by atoms with E-state index in [0.29, 0.717) is 0 Å². The molecule has 0 N–H and O–H groups in total. The van der Waals surface area contributed by atoms with E-state index in [1.54, 1.807) is 22.3 Å². The maximum atomic E-state index is 2.64. The molecule has 0 radical (unpaired) electrons. The fourth-order valence-electron chi connectivity index (χ4n) is 5.05. The quantitative estimate of drug-likeness (QED) is 0.496. The summed E-state index contributed by atoms with van der Waals surface area (Å²) in [6, 6.07) is 0. The summed E-state index contributed by atoms with van der Waals surface area (Å²) in [5.41, 5.74) is 7.25. The molecule has 0 heterocycles. The van der Waals surface area contributed by atoms with Crippen molar-refractivity contribution in [3.63, 3.8) is 0 Å². The molecule has 121 valence electrons. The van der Waals surface area contributed by atoms with Crippen molar-refractivity contribution in [3.8, 4) is 0 Å². The fourth-order valence-corrected chi connectivity index (χ4v) is 15.0. The van der Waals surface area contributed by atoms with Crippen LogP contribution < -0.4 is 0 Å². The van der Waals surface area contributed by atoms with Crippen LogP contribution in [0.3, 0.4) is 0 Å². The molecular formula is C20H33SiZr. The van der Waals surface area contributed by atoms with Gasteiger partial charge in [0.15, 0.2) is 0 Å². The van der Waals surface area contributed by atoms with Crippen molar-refractivity contribution >= 4 is 6.88 Å². The first-order valence-electron chi connectivity index (χ1n) is 9.06. The Labute approximate surface area is 143 Å². The molecule has 0 spiro atoms. The Morgan fingerprint density at radius 2 is 1.68 bits per heavy atom. The van der Waals surface area contributed by atoms with E-state index < -0.39 is 18.9 Å². The van der Waals surface area contributed by atoms with Crippen LogP contribution in [0, 0.1) is 5.41 Å². The van der Waals surface area contributed by atoms with Gasteiger partial charge in [0, 0.05) is 0 Å². The van der Waals surface area contributed by atoms with Crippen molar-refractivity contribution in [2.45, 2.75) is 69.1 Å². The molecule has 0 saturated heterocycles. The molecule has 0 nitrogen and oxygen atoms in total. The van der Waals surface area contributed by atoms with Crippen LogP contribution in [0.1, 0.15) is 59.8 Å². The number of hydrogen-bond acceptors (Lipinski definition) is 0. The van der Waals surface area contributed by atoms with Crippen molar-refractivity contribution < 1.29 is 18.9 Å². The van der Waals surface area contributed by atoms with E-state index in [9.17, 15) is 0 Å². The summed E-state index contributed by atoms with van der Waals surface area (Å²) < 4.78 is 7.21. The molecule has 0 aromatic rings. The van der Waals surface area contributed by atoms with Crippen LogP contribution in [0.5, 0.6) is 0 Å². The van der Waals surface area contributed by atoms with Gasteiger partial charge in [-0.05, 0) is 0 Å². The first-order chi connectivity index (χ1) is 10.4. The average molecular weight is 393 g/mol. The second-order valence-corrected chi connectivity index (χ2v) is 28.3. The van der Waals surface area contributed by atoms with E-state index in [1.807, 2.05) is 3.28 Å². The molecule has 2 rings (SSSR count). The third-order valence-electron chi connectivity index (χ3n) is 5.56. The van der Waals surface area contributed by atoms with E-state index in [0.717, 1.165) is 0 Å². The van der Waals surface area contributed by atoms with Crippen molar-refractivity contribution in [2.75, 3.05) is 0 Å². The van der Waals surface area contributed by atoms with Gasteiger partial charge in [-0.2, -0.15) is 0 Å². The van der Waals surface area contributed by atoms with Gasteiger partial charge in [0.1, 0.15) is 0 Å². The van der Waals surface area contributed by atoms with Crippen LogP contribution in [-0.2, 0) is 18.9 Å². The van der Waals surface area contributed by atoms with Crippen LogP contribution in [0.15, 0.2) is 43.8 Å². The second-order valence-electron chi connectivity index (χ2n) is 7.34. The van der Waals surface area contributed by atoms with Gasteiger partial charge >= 0.3 is 144 Å². The van der Waals surface area contributed by atoms with Crippen molar-refractivity contribution in [3.05, 3.63) is 43.8 Å². The molecule has 2 aliphatic rings. The molecule has 0 saturated carbocycles. The van der Waals surface area contributed by atoms with Crippen molar-refractivity contribution in [1.29, 1.82) is 0 Å². The zero-order valence-corrected chi connectivity index (χ0v) is 19.3. The first kappa shape index (κ1) is 18.4. The SMILES string of the molecule is CCC1=C(CC)C(CC)(C2=CC=CC2)[C]([Zr]([CH3])([CH3])=[SiH2])=C1CC. The summed E-state index contributed by atoms with van der Waals surface area (Å²) in [7, 11) is 0. The number of rotatable bonds is 6. The minimum atomic E-state index is -2.17. The van der Waals surface area contributed by atoms with E-state index >= 15 is 0 Å². The topological polar surface area (TPSA) is 0 Å². The Morgan fingerprint density at radius 3 is 2.05 bits per heavy atom. The van der Waals surface area contributed by atoms with Gasteiger partial charge in [-0.3, -0.25) is 0 Å². The van der Waals surface area contributed by atoms with Crippen LogP contribution in [-0.4, -0.2) is 6.88 Å². The Kier molecular flexibility index (Phi) is 5.77. The van der Waals surface area contributed by atoms with Crippen LogP contribution in [0.4, 0.5) is 0 Å². The molecule has 2 heteroatoms. The van der Waals surface area contributed by atoms with E-state index in [-0.39, 0.29) is 5.41 Å². The van der Waals surface area contributed by atoms with Gasteiger partial charge in [0.25, 0.3) is 0 Å². The van der Waals surface area contributed by atoms with Crippen molar-refractivity contribution in [2.24, 2.45) is 5.41 Å². The monoisotopic (exact) mass is 391 g/mol. The second kappa shape index (κ2) is 6.89. The normalized spacial score (nSPS) is 25.5. The maximum absolute atomic E-state index is 2.64. The molecular weight excluding hydrogens is 360 g/mol. The summed E-state index contributed by atoms with van der Waals surface area (Å²) >= 11 is -2.17. The molecule has 0 aliphatic heterocycles. The van der Waals surface area contributed by atoms with Crippen molar-refractivity contribution in [1.82, 2.24) is 0 Å². The van der Waals surface area contributed by atoms with Crippen LogP contribution in [0.2, 0.25) is 9.26 Å². The van der Waals surface area contributed by atoms with E-state index in [2.05, 4.69) is 62.1 Å². The average Bonchev–Trinajstić information content (AvgIpc) is 3.09. The molecule has 0 bridgehead atoms. The third-order valence-corrected chi connectivity index (χ3v) is 12.8. The molecule has 0 amide bonds. The van der Waals surface area contributed by atoms with Crippen LogP contribution in [0.25, 0.3) is 0 Å². The summed E-state index contributed by atoms with van der Waals surface area (Å²) in [5, 5.41) is 0. The zero-order valence-electron chi connectivity index (χ0n) is 15.5. The molecule has 1 unspecified atom stereocenters. The van der Waals surface area contributed by atoms with Gasteiger partial charge in [0.2, 0.25) is 0 Å². The van der Waals surface area contributed by atoms with E-state index in [1.165, 1.54) is 32.1 Å². The van der Waals surface area contributed by atoms with Gasteiger partial charge in [0.05, 0.1) is 0 Å². The number of hydrogen-bond donors (Lipinski definition) is 0. The predicted octanol–water partition coefficient (Wildman–Crippen LogP) is 5.86. The first-order valence-corrected chi connectivity index (χ1v) is 21.1. The molecule has 22 heavy (non-hydrogen) atoms. The zero-order chi connectivity index (χ0) is 16.5. The standard InChI is InChI=1S/C18H25.2CH3.H2Si.Zr/c1-5-14-13-18(8-4,15-11-9-10-12-15)17(7-3)16(14)6-2;;;;/h9-11H,5-8,12H2,1-4H3;2*1H3;1H2;. The summed E-state index contributed by atoms with van der Waals surface area (Å²) in [5.74, 6) is 0. The molecule has 0 aromatic heterocycles. The van der Waals surface area contributed by atoms with Gasteiger partial charge in [-0.1, -0.05) is 0 Å². The summed E-state index contributed by atoms with van der Waals surface area (Å²) in [4.78, 5) is 0. The third kappa shape index (κ3) is 2.69. The Morgan fingerprint density at radius 1 is 1.05 bits per heavy atom. The molecule has 0 aromatic carbocycles. The van der Waals surface area contributed by atoms with Crippen LogP contribution >= 0.6 is 0 Å².